The molecule has 114 valence electrons. The van der Waals surface area contributed by atoms with Crippen LogP contribution in [0.3, 0.4) is 0 Å². The smallest absolute Gasteiger partial charge is 0.0558 e. The second-order valence-corrected chi connectivity index (χ2v) is 5.70. The number of aliphatic hydroxyl groups is 1. The van der Waals surface area contributed by atoms with E-state index in [4.69, 9.17) is 0 Å². The molecule has 0 unspecified atom stereocenters. The number of para-hydroxylation sites is 1. The van der Waals surface area contributed by atoms with Gasteiger partial charge in [0.15, 0.2) is 0 Å². The summed E-state index contributed by atoms with van der Waals surface area (Å²) in [6, 6.07) is 18.9. The first-order valence-electron chi connectivity index (χ1n) is 7.68. The lowest BCUT2D eigenvalue weighted by Crippen LogP contribution is -2.26. The summed E-state index contributed by atoms with van der Waals surface area (Å²) in [6.45, 7) is 2.55. The van der Waals surface area contributed by atoms with Crippen LogP contribution in [0.25, 0.3) is 10.9 Å². The zero-order chi connectivity index (χ0) is 15.4. The normalized spacial score (nSPS) is 11.4. The minimum atomic E-state index is 0.178. The van der Waals surface area contributed by atoms with E-state index in [9.17, 15) is 5.11 Å². The number of fused-ring (bicyclic) bond motifs is 1. The number of aryl methyl sites for hydroxylation is 1. The van der Waals surface area contributed by atoms with Crippen molar-refractivity contribution in [1.82, 2.24) is 9.47 Å². The van der Waals surface area contributed by atoms with Gasteiger partial charge in [-0.1, -0.05) is 48.5 Å². The van der Waals surface area contributed by atoms with Crippen molar-refractivity contribution in [3.63, 3.8) is 0 Å². The van der Waals surface area contributed by atoms with Gasteiger partial charge in [-0.2, -0.15) is 0 Å². The van der Waals surface area contributed by atoms with Crippen LogP contribution in [-0.2, 0) is 20.1 Å². The maximum atomic E-state index is 9.36. The first kappa shape index (κ1) is 14.8. The third-order valence-corrected chi connectivity index (χ3v) is 4.04. The molecule has 0 aliphatic carbocycles. The Balaban J connectivity index is 1.83. The summed E-state index contributed by atoms with van der Waals surface area (Å²) in [4.78, 5) is 2.29. The molecule has 0 saturated carbocycles. The van der Waals surface area contributed by atoms with Gasteiger partial charge in [-0.15, -0.1) is 0 Å². The van der Waals surface area contributed by atoms with Crippen LogP contribution >= 0.6 is 0 Å². The van der Waals surface area contributed by atoms with E-state index >= 15 is 0 Å². The van der Waals surface area contributed by atoms with E-state index in [1.54, 1.807) is 0 Å². The summed E-state index contributed by atoms with van der Waals surface area (Å²) in [5, 5.41) is 10.7. The first-order valence-corrected chi connectivity index (χ1v) is 7.68. The van der Waals surface area contributed by atoms with Crippen molar-refractivity contribution in [2.45, 2.75) is 13.1 Å². The molecule has 0 amide bonds. The molecule has 3 aromatic rings. The SMILES string of the molecule is Cn1cc(CN(CCO)Cc2ccccc2)c2ccccc21. The van der Waals surface area contributed by atoms with E-state index in [1.165, 1.54) is 22.0 Å². The van der Waals surface area contributed by atoms with E-state index < -0.39 is 0 Å². The molecule has 2 aromatic carbocycles. The van der Waals surface area contributed by atoms with Crippen LogP contribution in [0.4, 0.5) is 0 Å². The topological polar surface area (TPSA) is 28.4 Å². The van der Waals surface area contributed by atoms with E-state index in [2.05, 4.69) is 71.2 Å². The van der Waals surface area contributed by atoms with Gasteiger partial charge in [0, 0.05) is 43.8 Å². The van der Waals surface area contributed by atoms with E-state index in [0.717, 1.165) is 13.1 Å². The fourth-order valence-electron chi connectivity index (χ4n) is 2.99. The number of rotatable bonds is 6. The summed E-state index contributed by atoms with van der Waals surface area (Å²) in [6.07, 6.45) is 2.19. The second kappa shape index (κ2) is 6.77. The fourth-order valence-corrected chi connectivity index (χ4v) is 2.99. The summed E-state index contributed by atoms with van der Waals surface area (Å²) < 4.78 is 2.17. The number of aromatic nitrogens is 1. The maximum Gasteiger partial charge on any atom is 0.0558 e. The molecule has 3 rings (SSSR count). The van der Waals surface area contributed by atoms with Gasteiger partial charge in [0.05, 0.1) is 6.61 Å². The molecule has 0 saturated heterocycles. The van der Waals surface area contributed by atoms with Crippen molar-refractivity contribution in [3.05, 3.63) is 71.9 Å². The molecule has 0 bridgehead atoms. The molecule has 0 spiro atoms. The first-order chi connectivity index (χ1) is 10.8. The lowest BCUT2D eigenvalue weighted by Gasteiger charge is -2.21. The molecule has 0 aliphatic heterocycles. The van der Waals surface area contributed by atoms with Gasteiger partial charge in [0.25, 0.3) is 0 Å². The molecule has 0 radical (unpaired) electrons. The number of nitrogens with zero attached hydrogens (tertiary/aromatic N) is 2. The molecule has 1 aromatic heterocycles. The van der Waals surface area contributed by atoms with Crippen molar-refractivity contribution >= 4 is 10.9 Å². The third-order valence-electron chi connectivity index (χ3n) is 4.04. The van der Waals surface area contributed by atoms with Gasteiger partial charge in [-0.25, -0.2) is 0 Å². The van der Waals surface area contributed by atoms with Crippen molar-refractivity contribution in [2.75, 3.05) is 13.2 Å². The molecular weight excluding hydrogens is 272 g/mol. The number of hydrogen-bond donors (Lipinski definition) is 1. The molecule has 3 heteroatoms. The average molecular weight is 294 g/mol. The van der Waals surface area contributed by atoms with Crippen LogP contribution in [0.2, 0.25) is 0 Å². The monoisotopic (exact) mass is 294 g/mol. The van der Waals surface area contributed by atoms with Gasteiger partial charge in [-0.3, -0.25) is 4.90 Å². The highest BCUT2D eigenvalue weighted by atomic mass is 16.3. The van der Waals surface area contributed by atoms with Crippen molar-refractivity contribution in [2.24, 2.45) is 7.05 Å². The van der Waals surface area contributed by atoms with Crippen molar-refractivity contribution < 1.29 is 5.11 Å². The van der Waals surface area contributed by atoms with Crippen LogP contribution in [0.15, 0.2) is 60.8 Å². The lowest BCUT2D eigenvalue weighted by atomic mass is 10.1. The summed E-state index contributed by atoms with van der Waals surface area (Å²) >= 11 is 0. The number of hydrogen-bond acceptors (Lipinski definition) is 2. The quantitative estimate of drug-likeness (QED) is 0.756. The van der Waals surface area contributed by atoms with E-state index in [1.807, 2.05) is 6.07 Å². The Labute approximate surface area is 131 Å². The summed E-state index contributed by atoms with van der Waals surface area (Å²) in [7, 11) is 2.08. The van der Waals surface area contributed by atoms with Gasteiger partial charge in [0.2, 0.25) is 0 Å². The Hall–Kier alpha value is -2.10. The van der Waals surface area contributed by atoms with Crippen LogP contribution in [0, 0.1) is 0 Å². The lowest BCUT2D eigenvalue weighted by molar-refractivity contribution is 0.184. The van der Waals surface area contributed by atoms with Gasteiger partial charge < -0.3 is 9.67 Å². The third kappa shape index (κ3) is 3.21. The highest BCUT2D eigenvalue weighted by Crippen LogP contribution is 2.22. The predicted octanol–water partition coefficient (Wildman–Crippen LogP) is 3.17. The molecule has 0 atom stereocenters. The molecule has 22 heavy (non-hydrogen) atoms. The number of benzene rings is 2. The Morgan fingerprint density at radius 1 is 0.955 bits per heavy atom. The highest BCUT2D eigenvalue weighted by molar-refractivity contribution is 5.83. The molecule has 3 nitrogen and oxygen atoms in total. The van der Waals surface area contributed by atoms with Gasteiger partial charge >= 0.3 is 0 Å². The Kier molecular flexibility index (Phi) is 4.56. The largest absolute Gasteiger partial charge is 0.395 e. The van der Waals surface area contributed by atoms with Crippen LogP contribution < -0.4 is 0 Å². The van der Waals surface area contributed by atoms with Crippen LogP contribution in [0.1, 0.15) is 11.1 Å². The zero-order valence-corrected chi connectivity index (χ0v) is 12.9. The van der Waals surface area contributed by atoms with Gasteiger partial charge in [0.1, 0.15) is 0 Å². The summed E-state index contributed by atoms with van der Waals surface area (Å²) in [5.74, 6) is 0. The number of aliphatic hydroxyl groups excluding tert-OH is 1. The minimum Gasteiger partial charge on any atom is -0.395 e. The molecule has 0 aliphatic rings. The predicted molar refractivity (Wildman–Crippen MR) is 90.6 cm³/mol. The molecule has 0 fully saturated rings. The Morgan fingerprint density at radius 2 is 1.68 bits per heavy atom. The fraction of sp³-hybridized carbons (Fsp3) is 0.263. The zero-order valence-electron chi connectivity index (χ0n) is 12.9. The second-order valence-electron chi connectivity index (χ2n) is 5.70. The van der Waals surface area contributed by atoms with E-state index in [-0.39, 0.29) is 6.61 Å². The molecular formula is C19H22N2O. The van der Waals surface area contributed by atoms with Gasteiger partial charge in [-0.05, 0) is 17.2 Å². The van der Waals surface area contributed by atoms with Crippen LogP contribution in [-0.4, -0.2) is 27.7 Å². The van der Waals surface area contributed by atoms with Crippen molar-refractivity contribution in [1.29, 1.82) is 0 Å². The van der Waals surface area contributed by atoms with E-state index in [0.29, 0.717) is 6.54 Å². The van der Waals surface area contributed by atoms with Crippen LogP contribution in [0.5, 0.6) is 0 Å². The average Bonchev–Trinajstić information content (AvgIpc) is 2.85. The standard InChI is InChI=1S/C19H22N2O/c1-20-14-17(18-9-5-6-10-19(18)20)15-21(11-12-22)13-16-7-3-2-4-8-16/h2-10,14,22H,11-13,15H2,1H3. The molecule has 1 N–H and O–H groups in total. The maximum absolute atomic E-state index is 9.36. The Morgan fingerprint density at radius 3 is 2.45 bits per heavy atom. The Bertz CT molecular complexity index is 734. The summed E-state index contributed by atoms with van der Waals surface area (Å²) in [5.41, 5.74) is 3.83. The minimum absolute atomic E-state index is 0.178. The highest BCUT2D eigenvalue weighted by Gasteiger charge is 2.11. The van der Waals surface area contributed by atoms with Crippen molar-refractivity contribution in [3.8, 4) is 0 Å². The molecule has 1 heterocycles.